The van der Waals surface area contributed by atoms with Gasteiger partial charge in [-0.25, -0.2) is 4.79 Å². The summed E-state index contributed by atoms with van der Waals surface area (Å²) in [5.41, 5.74) is 1.91. The van der Waals surface area contributed by atoms with E-state index in [4.69, 9.17) is 23.0 Å². The van der Waals surface area contributed by atoms with Gasteiger partial charge in [-0.3, -0.25) is 4.79 Å². The molecule has 4 rings (SSSR count). The third-order valence-electron chi connectivity index (χ3n) is 5.21. The summed E-state index contributed by atoms with van der Waals surface area (Å²) in [7, 11) is 1.60. The fourth-order valence-electron chi connectivity index (χ4n) is 3.55. The molecule has 162 valence electrons. The van der Waals surface area contributed by atoms with Gasteiger partial charge in [0.15, 0.2) is 17.3 Å². The molecule has 0 saturated heterocycles. The fourth-order valence-corrected chi connectivity index (χ4v) is 3.55. The van der Waals surface area contributed by atoms with Crippen LogP contribution < -0.4 is 20.0 Å². The standard InChI is InChI=1S/C23H23NO7/c1-14(10-17-6-9-19-20(11-17)29-13-28-19)24(12-16-4-7-18(27-3)8-5-16)22(25)21-15(2)30-23(26)31-21/h4-9,11,14H,10,12-13H2,1-3H3/t14-/m1/s1. The number of aryl methyl sites for hydroxylation is 1. The lowest BCUT2D eigenvalue weighted by atomic mass is 10.0. The minimum absolute atomic E-state index is 0.0870. The fraction of sp³-hybridized carbons (Fsp3) is 0.304. The van der Waals surface area contributed by atoms with Crippen LogP contribution >= 0.6 is 0 Å². The molecule has 8 nitrogen and oxygen atoms in total. The lowest BCUT2D eigenvalue weighted by Crippen LogP contribution is -2.39. The molecule has 0 radical (unpaired) electrons. The van der Waals surface area contributed by atoms with E-state index >= 15 is 0 Å². The van der Waals surface area contributed by atoms with Crippen molar-refractivity contribution < 1.29 is 27.8 Å². The number of nitrogens with zero attached hydrogens (tertiary/aromatic N) is 1. The second-order valence-electron chi connectivity index (χ2n) is 7.36. The average Bonchev–Trinajstić information content (AvgIpc) is 3.36. The number of ether oxygens (including phenoxy) is 3. The first-order valence-electron chi connectivity index (χ1n) is 9.87. The molecule has 0 N–H and O–H groups in total. The summed E-state index contributed by atoms with van der Waals surface area (Å²) in [5.74, 6) is 0.890. The van der Waals surface area contributed by atoms with Crippen LogP contribution in [0.5, 0.6) is 17.2 Å². The molecule has 0 unspecified atom stereocenters. The molecular formula is C23H23NO7. The summed E-state index contributed by atoms with van der Waals surface area (Å²) >= 11 is 0. The van der Waals surface area contributed by atoms with Crippen LogP contribution in [0.15, 0.2) is 56.1 Å². The van der Waals surface area contributed by atoms with E-state index in [0.29, 0.717) is 24.5 Å². The Bertz CT molecular complexity index is 1130. The van der Waals surface area contributed by atoms with Gasteiger partial charge in [-0.1, -0.05) is 18.2 Å². The normalized spacial score (nSPS) is 13.1. The van der Waals surface area contributed by atoms with Crippen LogP contribution in [0.25, 0.3) is 0 Å². The molecule has 0 aliphatic carbocycles. The van der Waals surface area contributed by atoms with Gasteiger partial charge in [-0.15, -0.1) is 0 Å². The summed E-state index contributed by atoms with van der Waals surface area (Å²) in [4.78, 5) is 26.4. The number of carbonyl (C=O) groups is 1. The predicted octanol–water partition coefficient (Wildman–Crippen LogP) is 3.55. The van der Waals surface area contributed by atoms with Crippen LogP contribution in [0.3, 0.4) is 0 Å². The maximum Gasteiger partial charge on any atom is 0.519 e. The molecule has 31 heavy (non-hydrogen) atoms. The topological polar surface area (TPSA) is 91.4 Å². The number of carbonyl (C=O) groups excluding carboxylic acids is 1. The first-order chi connectivity index (χ1) is 14.9. The van der Waals surface area contributed by atoms with Gasteiger partial charge >= 0.3 is 5.82 Å². The lowest BCUT2D eigenvalue weighted by Gasteiger charge is -2.29. The molecule has 1 aliphatic rings. The SMILES string of the molecule is COc1ccc(CN(C(=O)c2oc(=O)oc2C)[C@H](C)Cc2ccc3c(c2)OCO3)cc1. The molecule has 2 heterocycles. The molecule has 1 aromatic heterocycles. The van der Waals surface area contributed by atoms with E-state index in [9.17, 15) is 9.59 Å². The van der Waals surface area contributed by atoms with E-state index in [2.05, 4.69) is 0 Å². The highest BCUT2D eigenvalue weighted by atomic mass is 16.7. The van der Waals surface area contributed by atoms with Crippen molar-refractivity contribution in [1.29, 1.82) is 0 Å². The molecule has 2 aromatic carbocycles. The quantitative estimate of drug-likeness (QED) is 0.572. The van der Waals surface area contributed by atoms with Crippen LogP contribution in [0.4, 0.5) is 0 Å². The zero-order valence-corrected chi connectivity index (χ0v) is 17.5. The molecule has 0 saturated carbocycles. The van der Waals surface area contributed by atoms with Gasteiger partial charge in [0.2, 0.25) is 12.6 Å². The zero-order chi connectivity index (χ0) is 22.0. The largest absolute Gasteiger partial charge is 0.519 e. The Kier molecular flexibility index (Phi) is 5.70. The highest BCUT2D eigenvalue weighted by molar-refractivity contribution is 5.92. The molecule has 0 spiro atoms. The summed E-state index contributed by atoms with van der Waals surface area (Å²) in [6.45, 7) is 4.00. The first-order valence-corrected chi connectivity index (χ1v) is 9.87. The highest BCUT2D eigenvalue weighted by Gasteiger charge is 2.28. The summed E-state index contributed by atoms with van der Waals surface area (Å²) in [6.07, 6.45) is 0.569. The van der Waals surface area contributed by atoms with Gasteiger partial charge in [-0.2, -0.15) is 0 Å². The van der Waals surface area contributed by atoms with Gasteiger partial charge in [0.05, 0.1) is 7.11 Å². The van der Waals surface area contributed by atoms with Gasteiger partial charge in [0, 0.05) is 12.6 Å². The molecule has 0 fully saturated rings. The molecule has 0 bridgehead atoms. The molecule has 1 atom stereocenters. The number of amides is 1. The van der Waals surface area contributed by atoms with Crippen molar-refractivity contribution in [2.45, 2.75) is 32.9 Å². The third-order valence-corrected chi connectivity index (χ3v) is 5.21. The zero-order valence-electron chi connectivity index (χ0n) is 17.5. The maximum atomic E-state index is 13.3. The first kappa shape index (κ1) is 20.6. The van der Waals surface area contributed by atoms with E-state index in [-0.39, 0.29) is 24.4 Å². The number of hydrogen-bond donors (Lipinski definition) is 0. The second-order valence-corrected chi connectivity index (χ2v) is 7.36. The molecular weight excluding hydrogens is 402 g/mol. The van der Waals surface area contributed by atoms with Crippen molar-refractivity contribution in [2.75, 3.05) is 13.9 Å². The molecule has 8 heteroatoms. The van der Waals surface area contributed by atoms with Crippen molar-refractivity contribution >= 4 is 5.91 Å². The van der Waals surface area contributed by atoms with Gasteiger partial charge in [0.25, 0.3) is 5.91 Å². The van der Waals surface area contributed by atoms with E-state index in [1.807, 2.05) is 49.4 Å². The van der Waals surface area contributed by atoms with Gasteiger partial charge in [0.1, 0.15) is 5.75 Å². The Labute approximate surface area is 178 Å². The second kappa shape index (κ2) is 8.59. The summed E-state index contributed by atoms with van der Waals surface area (Å²) < 4.78 is 26.0. The van der Waals surface area contributed by atoms with Gasteiger partial charge in [-0.05, 0) is 55.7 Å². The number of rotatable bonds is 7. The van der Waals surface area contributed by atoms with Crippen molar-refractivity contribution in [3.8, 4) is 17.2 Å². The van der Waals surface area contributed by atoms with Crippen LogP contribution in [0, 0.1) is 6.92 Å². The Morgan fingerprint density at radius 1 is 1.06 bits per heavy atom. The van der Waals surface area contributed by atoms with Crippen molar-refractivity contribution in [1.82, 2.24) is 4.90 Å². The lowest BCUT2D eigenvalue weighted by molar-refractivity contribution is 0.0639. The van der Waals surface area contributed by atoms with Crippen LogP contribution in [-0.4, -0.2) is 30.8 Å². The number of benzene rings is 2. The Hall–Kier alpha value is -3.68. The summed E-state index contributed by atoms with van der Waals surface area (Å²) in [6, 6.07) is 13.0. The average molecular weight is 425 g/mol. The summed E-state index contributed by atoms with van der Waals surface area (Å²) in [5, 5.41) is 0. The Morgan fingerprint density at radius 2 is 1.77 bits per heavy atom. The monoisotopic (exact) mass is 425 g/mol. The smallest absolute Gasteiger partial charge is 0.497 e. The number of methoxy groups -OCH3 is 1. The van der Waals surface area contributed by atoms with E-state index in [0.717, 1.165) is 16.9 Å². The van der Waals surface area contributed by atoms with E-state index in [1.54, 1.807) is 12.0 Å². The van der Waals surface area contributed by atoms with Crippen LogP contribution in [0.1, 0.15) is 34.4 Å². The van der Waals surface area contributed by atoms with Crippen molar-refractivity contribution in [2.24, 2.45) is 0 Å². The van der Waals surface area contributed by atoms with Gasteiger partial charge < -0.3 is 27.9 Å². The number of fused-ring (bicyclic) bond motifs is 1. The minimum Gasteiger partial charge on any atom is -0.497 e. The van der Waals surface area contributed by atoms with Crippen LogP contribution in [0.2, 0.25) is 0 Å². The molecule has 1 aliphatic heterocycles. The molecule has 3 aromatic rings. The number of hydrogen-bond acceptors (Lipinski definition) is 7. The van der Waals surface area contributed by atoms with E-state index in [1.165, 1.54) is 6.92 Å². The predicted molar refractivity (Wildman–Crippen MR) is 111 cm³/mol. The third kappa shape index (κ3) is 4.42. The van der Waals surface area contributed by atoms with Crippen LogP contribution in [-0.2, 0) is 13.0 Å². The Balaban J connectivity index is 1.60. The molecule has 1 amide bonds. The highest BCUT2D eigenvalue weighted by Crippen LogP contribution is 2.33. The van der Waals surface area contributed by atoms with Crippen molar-refractivity contribution in [3.05, 3.63) is 75.7 Å². The van der Waals surface area contributed by atoms with E-state index < -0.39 is 11.7 Å². The Morgan fingerprint density at radius 3 is 2.45 bits per heavy atom. The minimum atomic E-state index is -0.895. The maximum absolute atomic E-state index is 13.3. The van der Waals surface area contributed by atoms with Crippen molar-refractivity contribution in [3.63, 3.8) is 0 Å².